The SMILES string of the molecule is Cc1cc(C(=O)CSc2nnc(-c3nn(Cc4ccccc4)c(=O)c4ccccc34)o2)c(C)s1. The Morgan fingerprint density at radius 1 is 1.03 bits per heavy atom. The number of thioether (sulfide) groups is 1. The van der Waals surface area contributed by atoms with E-state index in [4.69, 9.17) is 4.42 Å². The van der Waals surface area contributed by atoms with Crippen molar-refractivity contribution in [2.45, 2.75) is 25.6 Å². The molecule has 34 heavy (non-hydrogen) atoms. The van der Waals surface area contributed by atoms with Crippen molar-refractivity contribution in [1.29, 1.82) is 0 Å². The minimum absolute atomic E-state index is 0.0200. The predicted molar refractivity (Wildman–Crippen MR) is 134 cm³/mol. The maximum atomic E-state index is 13.1. The maximum Gasteiger partial charge on any atom is 0.277 e. The van der Waals surface area contributed by atoms with E-state index in [0.29, 0.717) is 23.0 Å². The first-order valence-electron chi connectivity index (χ1n) is 10.6. The van der Waals surface area contributed by atoms with E-state index in [1.54, 1.807) is 17.4 Å². The van der Waals surface area contributed by atoms with Gasteiger partial charge in [0.15, 0.2) is 11.5 Å². The lowest BCUT2D eigenvalue weighted by molar-refractivity contribution is 0.102. The van der Waals surface area contributed by atoms with E-state index in [9.17, 15) is 9.59 Å². The molecule has 2 aromatic carbocycles. The third kappa shape index (κ3) is 4.44. The van der Waals surface area contributed by atoms with E-state index in [-0.39, 0.29) is 28.2 Å². The number of carbonyl (C=O) groups excluding carboxylic acids is 1. The van der Waals surface area contributed by atoms with E-state index in [1.807, 2.05) is 68.4 Å². The molecule has 170 valence electrons. The summed E-state index contributed by atoms with van der Waals surface area (Å²) in [6.45, 7) is 4.25. The van der Waals surface area contributed by atoms with Gasteiger partial charge in [0, 0.05) is 20.7 Å². The summed E-state index contributed by atoms with van der Waals surface area (Å²) < 4.78 is 7.27. The number of hydrogen-bond acceptors (Lipinski definition) is 8. The van der Waals surface area contributed by atoms with Crippen LogP contribution in [0, 0.1) is 13.8 Å². The van der Waals surface area contributed by atoms with Crippen LogP contribution in [0.25, 0.3) is 22.4 Å². The number of rotatable bonds is 7. The molecule has 0 fully saturated rings. The van der Waals surface area contributed by atoms with Gasteiger partial charge in [-0.25, -0.2) is 4.68 Å². The van der Waals surface area contributed by atoms with Gasteiger partial charge < -0.3 is 4.42 Å². The molecule has 3 heterocycles. The molecule has 0 aliphatic heterocycles. The lowest BCUT2D eigenvalue weighted by Crippen LogP contribution is -2.24. The van der Waals surface area contributed by atoms with Gasteiger partial charge in [0.05, 0.1) is 17.7 Å². The highest BCUT2D eigenvalue weighted by atomic mass is 32.2. The summed E-state index contributed by atoms with van der Waals surface area (Å²) in [5.41, 5.74) is 1.93. The third-order valence-corrected chi connectivity index (χ3v) is 7.10. The standard InChI is InChI=1S/C25H20N4O3S2/c1-15-12-20(16(2)34-15)21(30)14-33-25-27-26-23(32-25)22-18-10-6-7-11-19(18)24(31)29(28-22)13-17-8-4-3-5-9-17/h3-12H,13-14H2,1-2H3. The van der Waals surface area contributed by atoms with Gasteiger partial charge in [0.2, 0.25) is 0 Å². The Hall–Kier alpha value is -3.56. The topological polar surface area (TPSA) is 90.9 Å². The van der Waals surface area contributed by atoms with Crippen LogP contribution >= 0.6 is 23.1 Å². The van der Waals surface area contributed by atoms with Crippen molar-refractivity contribution in [2.75, 3.05) is 5.75 Å². The Labute approximate surface area is 203 Å². The Kier molecular flexibility index (Phi) is 6.12. The molecule has 5 aromatic rings. The lowest BCUT2D eigenvalue weighted by atomic mass is 10.1. The number of hydrogen-bond donors (Lipinski definition) is 0. The summed E-state index contributed by atoms with van der Waals surface area (Å²) in [6, 6.07) is 18.8. The van der Waals surface area contributed by atoms with Gasteiger partial charge >= 0.3 is 0 Å². The zero-order valence-electron chi connectivity index (χ0n) is 18.5. The van der Waals surface area contributed by atoms with E-state index in [1.165, 1.54) is 16.4 Å². The number of thiophene rings is 1. The highest BCUT2D eigenvalue weighted by Gasteiger charge is 2.19. The molecule has 7 nitrogen and oxygen atoms in total. The quantitative estimate of drug-likeness (QED) is 0.231. The molecule has 0 amide bonds. The number of benzene rings is 2. The maximum absolute atomic E-state index is 13.1. The van der Waals surface area contributed by atoms with Crippen molar-refractivity contribution in [3.05, 3.63) is 91.9 Å². The van der Waals surface area contributed by atoms with Crippen LogP contribution in [-0.2, 0) is 6.54 Å². The van der Waals surface area contributed by atoms with Gasteiger partial charge in [-0.3, -0.25) is 9.59 Å². The molecule has 0 saturated heterocycles. The summed E-state index contributed by atoms with van der Waals surface area (Å²) in [5, 5.41) is 14.3. The van der Waals surface area contributed by atoms with Crippen LogP contribution in [0.1, 0.15) is 25.7 Å². The van der Waals surface area contributed by atoms with Crippen molar-refractivity contribution in [3.8, 4) is 11.6 Å². The molecule has 0 bridgehead atoms. The fourth-order valence-corrected chi connectivity index (χ4v) is 5.32. The molecule has 0 spiro atoms. The second-order valence-corrected chi connectivity index (χ2v) is 10.1. The molecule has 5 rings (SSSR count). The summed E-state index contributed by atoms with van der Waals surface area (Å²) in [7, 11) is 0. The van der Waals surface area contributed by atoms with Crippen LogP contribution in [0.4, 0.5) is 0 Å². The minimum Gasteiger partial charge on any atom is -0.409 e. The van der Waals surface area contributed by atoms with Gasteiger partial charge in [-0.1, -0.05) is 60.3 Å². The van der Waals surface area contributed by atoms with Crippen LogP contribution in [0.3, 0.4) is 0 Å². The molecule has 0 radical (unpaired) electrons. The van der Waals surface area contributed by atoms with E-state index in [0.717, 1.165) is 20.9 Å². The summed E-state index contributed by atoms with van der Waals surface area (Å²) in [5.74, 6) is 0.419. The zero-order chi connectivity index (χ0) is 23.7. The third-order valence-electron chi connectivity index (χ3n) is 5.32. The van der Waals surface area contributed by atoms with Crippen LogP contribution in [0.2, 0.25) is 0 Å². The van der Waals surface area contributed by atoms with Crippen LogP contribution in [-0.4, -0.2) is 31.5 Å². The fraction of sp³-hybridized carbons (Fsp3) is 0.160. The van der Waals surface area contributed by atoms with Gasteiger partial charge in [-0.2, -0.15) is 5.10 Å². The molecule has 0 saturated carbocycles. The number of aryl methyl sites for hydroxylation is 2. The van der Waals surface area contributed by atoms with Gasteiger partial charge in [-0.15, -0.1) is 21.5 Å². The zero-order valence-corrected chi connectivity index (χ0v) is 20.2. The van der Waals surface area contributed by atoms with Gasteiger partial charge in [0.25, 0.3) is 16.7 Å². The molecule has 0 N–H and O–H groups in total. The molecule has 0 atom stereocenters. The number of aromatic nitrogens is 4. The highest BCUT2D eigenvalue weighted by Crippen LogP contribution is 2.28. The number of carbonyl (C=O) groups is 1. The second kappa shape index (κ2) is 9.36. The van der Waals surface area contributed by atoms with Crippen molar-refractivity contribution in [2.24, 2.45) is 0 Å². The molecule has 0 aliphatic carbocycles. The first kappa shape index (κ1) is 22.2. The average molecular weight is 489 g/mol. The number of Topliss-reactive ketones (excluding diaryl/α,β-unsaturated/α-hetero) is 1. The fourth-order valence-electron chi connectivity index (χ4n) is 3.73. The molecular weight excluding hydrogens is 468 g/mol. The highest BCUT2D eigenvalue weighted by molar-refractivity contribution is 7.99. The first-order chi connectivity index (χ1) is 16.5. The number of fused-ring (bicyclic) bond motifs is 1. The number of nitrogens with zero attached hydrogens (tertiary/aromatic N) is 4. The first-order valence-corrected chi connectivity index (χ1v) is 12.4. The van der Waals surface area contributed by atoms with Gasteiger partial charge in [0.1, 0.15) is 0 Å². The van der Waals surface area contributed by atoms with Crippen molar-refractivity contribution in [1.82, 2.24) is 20.0 Å². The van der Waals surface area contributed by atoms with E-state index in [2.05, 4.69) is 15.3 Å². The Morgan fingerprint density at radius 2 is 1.76 bits per heavy atom. The smallest absolute Gasteiger partial charge is 0.277 e. The normalized spacial score (nSPS) is 11.2. The largest absolute Gasteiger partial charge is 0.409 e. The lowest BCUT2D eigenvalue weighted by Gasteiger charge is -2.09. The van der Waals surface area contributed by atoms with Crippen molar-refractivity contribution >= 4 is 39.7 Å². The second-order valence-electron chi connectivity index (χ2n) is 7.75. The Morgan fingerprint density at radius 3 is 2.50 bits per heavy atom. The summed E-state index contributed by atoms with van der Waals surface area (Å²) >= 11 is 2.80. The Bertz CT molecular complexity index is 1550. The van der Waals surface area contributed by atoms with Crippen LogP contribution < -0.4 is 5.56 Å². The molecule has 0 aliphatic rings. The molecule has 0 unspecified atom stereocenters. The van der Waals surface area contributed by atoms with Crippen molar-refractivity contribution in [3.63, 3.8) is 0 Å². The van der Waals surface area contributed by atoms with Crippen LogP contribution in [0.5, 0.6) is 0 Å². The molecule has 3 aromatic heterocycles. The monoisotopic (exact) mass is 488 g/mol. The van der Waals surface area contributed by atoms with E-state index < -0.39 is 0 Å². The summed E-state index contributed by atoms with van der Waals surface area (Å²) in [4.78, 5) is 27.8. The minimum atomic E-state index is -0.190. The predicted octanol–water partition coefficient (Wildman–Crippen LogP) is 5.15. The van der Waals surface area contributed by atoms with Gasteiger partial charge in [-0.05, 0) is 31.5 Å². The molecule has 9 heteroatoms. The summed E-state index contributed by atoms with van der Waals surface area (Å²) in [6.07, 6.45) is 0. The Balaban J connectivity index is 1.45. The average Bonchev–Trinajstić information content (AvgIpc) is 3.46. The molecular formula is C25H20N4O3S2. The van der Waals surface area contributed by atoms with Crippen molar-refractivity contribution < 1.29 is 9.21 Å². The number of ketones is 1. The van der Waals surface area contributed by atoms with Crippen LogP contribution in [0.15, 0.2) is 75.1 Å². The van der Waals surface area contributed by atoms with E-state index >= 15 is 0 Å².